The first-order chi connectivity index (χ1) is 11.8. The van der Waals surface area contributed by atoms with Crippen molar-refractivity contribution in [1.29, 1.82) is 0 Å². The highest BCUT2D eigenvalue weighted by molar-refractivity contribution is 7.89. The Morgan fingerprint density at radius 1 is 1.16 bits per heavy atom. The van der Waals surface area contributed by atoms with Crippen LogP contribution in [0.1, 0.15) is 12.0 Å². The Labute approximate surface area is 147 Å². The van der Waals surface area contributed by atoms with E-state index in [1.807, 2.05) is 31.2 Å². The molecule has 0 bridgehead atoms. The number of para-hydroxylation sites is 1. The molecule has 1 aliphatic heterocycles. The number of ether oxygens (including phenoxy) is 1. The third-order valence-corrected chi connectivity index (χ3v) is 5.08. The van der Waals surface area contributed by atoms with Crippen LogP contribution in [0.15, 0.2) is 48.5 Å². The van der Waals surface area contributed by atoms with Gasteiger partial charge in [0.1, 0.15) is 11.5 Å². The molecule has 2 aromatic carbocycles. The number of nitrogens with zero attached hydrogens (tertiary/aromatic N) is 1. The van der Waals surface area contributed by atoms with Gasteiger partial charge in [0.2, 0.25) is 15.9 Å². The number of primary sulfonamides is 1. The molecule has 6 nitrogen and oxygen atoms in total. The van der Waals surface area contributed by atoms with Crippen LogP contribution in [0.3, 0.4) is 0 Å². The van der Waals surface area contributed by atoms with E-state index < -0.39 is 10.0 Å². The summed E-state index contributed by atoms with van der Waals surface area (Å²) in [4.78, 5) is 13.7. The average Bonchev–Trinajstić information content (AvgIpc) is 2.89. The molecule has 1 saturated heterocycles. The molecule has 0 saturated carbocycles. The van der Waals surface area contributed by atoms with Gasteiger partial charge in [-0.15, -0.1) is 0 Å². The number of nitrogens with two attached hydrogens (primary N) is 1. The molecule has 1 heterocycles. The van der Waals surface area contributed by atoms with Crippen molar-refractivity contribution in [3.63, 3.8) is 0 Å². The molecule has 3 rings (SSSR count). The zero-order valence-electron chi connectivity index (χ0n) is 13.9. The van der Waals surface area contributed by atoms with E-state index in [0.29, 0.717) is 12.3 Å². The zero-order chi connectivity index (χ0) is 18.0. The van der Waals surface area contributed by atoms with Gasteiger partial charge in [-0.1, -0.05) is 18.2 Å². The van der Waals surface area contributed by atoms with Crippen molar-refractivity contribution in [1.82, 2.24) is 0 Å². The summed E-state index contributed by atoms with van der Waals surface area (Å²) in [6.45, 7) is 2.32. The summed E-state index contributed by atoms with van der Waals surface area (Å²) in [5.41, 5.74) is 1.76. The van der Waals surface area contributed by atoms with Gasteiger partial charge in [0.25, 0.3) is 0 Å². The molecule has 7 heteroatoms. The minimum atomic E-state index is -3.58. The lowest BCUT2D eigenvalue weighted by Gasteiger charge is -2.17. The van der Waals surface area contributed by atoms with E-state index in [4.69, 9.17) is 9.88 Å². The summed E-state index contributed by atoms with van der Waals surface area (Å²) in [6, 6.07) is 14.9. The van der Waals surface area contributed by atoms with E-state index in [1.54, 1.807) is 29.2 Å². The Morgan fingerprint density at radius 2 is 1.84 bits per heavy atom. The minimum absolute atomic E-state index is 0.0961. The second kappa shape index (κ2) is 6.85. The second-order valence-electron chi connectivity index (χ2n) is 6.27. The van der Waals surface area contributed by atoms with Gasteiger partial charge in [-0.3, -0.25) is 4.79 Å². The first-order valence-electron chi connectivity index (χ1n) is 7.96. The molecule has 1 unspecified atom stereocenters. The fraction of sp³-hybridized carbons (Fsp3) is 0.278. The Bertz CT molecular complexity index is 878. The number of aryl methyl sites for hydroxylation is 1. The van der Waals surface area contributed by atoms with Crippen molar-refractivity contribution in [2.24, 2.45) is 11.1 Å². The van der Waals surface area contributed by atoms with Gasteiger partial charge in [-0.05, 0) is 42.8 Å². The number of anilines is 1. The Kier molecular flexibility index (Phi) is 4.78. The lowest BCUT2D eigenvalue weighted by molar-refractivity contribution is -0.117. The molecule has 0 spiro atoms. The van der Waals surface area contributed by atoms with E-state index in [-0.39, 0.29) is 24.0 Å². The first-order valence-corrected chi connectivity index (χ1v) is 9.68. The number of benzene rings is 2. The van der Waals surface area contributed by atoms with Crippen molar-refractivity contribution >= 4 is 21.6 Å². The highest BCUT2D eigenvalue weighted by Crippen LogP contribution is 2.29. The van der Waals surface area contributed by atoms with Gasteiger partial charge in [0, 0.05) is 24.6 Å². The Balaban J connectivity index is 1.70. The summed E-state index contributed by atoms with van der Waals surface area (Å²) in [5, 5.41) is 5.08. The third-order valence-electron chi connectivity index (χ3n) is 4.14. The van der Waals surface area contributed by atoms with Crippen LogP contribution < -0.4 is 14.8 Å². The van der Waals surface area contributed by atoms with Gasteiger partial charge < -0.3 is 9.64 Å². The summed E-state index contributed by atoms with van der Waals surface area (Å²) in [5.74, 6) is 0.905. The highest BCUT2D eigenvalue weighted by Gasteiger charge is 2.32. The van der Waals surface area contributed by atoms with E-state index in [9.17, 15) is 13.2 Å². The van der Waals surface area contributed by atoms with Crippen LogP contribution in [0.5, 0.6) is 11.5 Å². The largest absolute Gasteiger partial charge is 0.457 e. The van der Waals surface area contributed by atoms with Gasteiger partial charge in [-0.2, -0.15) is 0 Å². The molecule has 2 N–H and O–H groups in total. The number of carbonyl (C=O) groups excluding carboxylic acids is 1. The smallest absolute Gasteiger partial charge is 0.227 e. The number of hydrogen-bond donors (Lipinski definition) is 1. The predicted molar refractivity (Wildman–Crippen MR) is 96.1 cm³/mol. The maximum absolute atomic E-state index is 12.2. The minimum Gasteiger partial charge on any atom is -0.457 e. The Hall–Kier alpha value is -2.38. The predicted octanol–water partition coefficient (Wildman–Crippen LogP) is 2.43. The molecular weight excluding hydrogens is 340 g/mol. The lowest BCUT2D eigenvalue weighted by Crippen LogP contribution is -2.27. The maximum atomic E-state index is 12.2. The van der Waals surface area contributed by atoms with Crippen molar-refractivity contribution in [2.45, 2.75) is 13.3 Å². The molecular formula is C18H20N2O4S. The highest BCUT2D eigenvalue weighted by atomic mass is 32.2. The number of sulfonamides is 1. The fourth-order valence-electron chi connectivity index (χ4n) is 2.96. The van der Waals surface area contributed by atoms with E-state index in [0.717, 1.165) is 17.0 Å². The molecule has 1 aliphatic rings. The molecule has 1 fully saturated rings. The molecule has 1 amide bonds. The van der Waals surface area contributed by atoms with Crippen molar-refractivity contribution in [2.75, 3.05) is 17.2 Å². The third kappa shape index (κ3) is 4.37. The quantitative estimate of drug-likeness (QED) is 0.887. The van der Waals surface area contributed by atoms with Gasteiger partial charge in [-0.25, -0.2) is 13.6 Å². The van der Waals surface area contributed by atoms with E-state index in [1.165, 1.54) is 0 Å². The number of amides is 1. The molecule has 2 aromatic rings. The number of hydrogen-bond acceptors (Lipinski definition) is 4. The molecule has 25 heavy (non-hydrogen) atoms. The summed E-state index contributed by atoms with van der Waals surface area (Å²) < 4.78 is 28.3. The van der Waals surface area contributed by atoms with Crippen LogP contribution in [0.25, 0.3) is 0 Å². The molecule has 1 atom stereocenters. The number of rotatable bonds is 5. The topological polar surface area (TPSA) is 89.7 Å². The van der Waals surface area contributed by atoms with Crippen LogP contribution >= 0.6 is 0 Å². The van der Waals surface area contributed by atoms with Crippen LogP contribution in [0, 0.1) is 12.8 Å². The average molecular weight is 360 g/mol. The van der Waals surface area contributed by atoms with Crippen molar-refractivity contribution in [3.8, 4) is 11.5 Å². The summed E-state index contributed by atoms with van der Waals surface area (Å²) >= 11 is 0. The van der Waals surface area contributed by atoms with Crippen LogP contribution in [-0.2, 0) is 14.8 Å². The van der Waals surface area contributed by atoms with E-state index >= 15 is 0 Å². The maximum Gasteiger partial charge on any atom is 0.227 e. The molecule has 0 radical (unpaired) electrons. The molecule has 0 aromatic heterocycles. The standard InChI is InChI=1S/C18H20N2O4S/c1-13-4-2-3-5-17(13)24-16-8-6-15(7-9-16)20-11-14(10-18(20)21)12-25(19,22)23/h2-9,14H,10-12H2,1H3,(H2,19,22,23). The molecule has 0 aliphatic carbocycles. The fourth-order valence-corrected chi connectivity index (χ4v) is 3.84. The van der Waals surface area contributed by atoms with Crippen LogP contribution in [-0.4, -0.2) is 26.6 Å². The van der Waals surface area contributed by atoms with Gasteiger partial charge >= 0.3 is 0 Å². The van der Waals surface area contributed by atoms with Gasteiger partial charge in [0.15, 0.2) is 0 Å². The lowest BCUT2D eigenvalue weighted by atomic mass is 10.1. The molecule has 132 valence electrons. The monoisotopic (exact) mass is 360 g/mol. The van der Waals surface area contributed by atoms with E-state index in [2.05, 4.69) is 0 Å². The first kappa shape index (κ1) is 17.4. The van der Waals surface area contributed by atoms with Crippen molar-refractivity contribution in [3.05, 3.63) is 54.1 Å². The van der Waals surface area contributed by atoms with Crippen LogP contribution in [0.2, 0.25) is 0 Å². The number of carbonyl (C=O) groups is 1. The van der Waals surface area contributed by atoms with Gasteiger partial charge in [0.05, 0.1) is 5.75 Å². The zero-order valence-corrected chi connectivity index (χ0v) is 14.7. The normalized spacial score (nSPS) is 17.8. The summed E-state index contributed by atoms with van der Waals surface area (Å²) in [6.07, 6.45) is 0.192. The second-order valence-corrected chi connectivity index (χ2v) is 7.92. The SMILES string of the molecule is Cc1ccccc1Oc1ccc(N2CC(CS(N)(=O)=O)CC2=O)cc1. The van der Waals surface area contributed by atoms with Crippen molar-refractivity contribution < 1.29 is 17.9 Å². The van der Waals surface area contributed by atoms with Crippen LogP contribution in [0.4, 0.5) is 5.69 Å². The summed E-state index contributed by atoms with van der Waals surface area (Å²) in [7, 11) is -3.58. The Morgan fingerprint density at radius 3 is 2.48 bits per heavy atom.